The third-order valence-corrected chi connectivity index (χ3v) is 4.30. The standard InChI is InChI=1S/C19H19F3N2O3/c1-3-26-18(25)17-11(2)16-14(8-5-9-15(16)27-17)24-23-13-7-4-6-12(10-13)19(20,21)22/h4,6-7,10,23H,3,5,8-9H2,1-2H3/b24-14+. The van der Waals surface area contributed by atoms with Crippen LogP contribution in [-0.2, 0) is 17.3 Å². The zero-order chi connectivity index (χ0) is 19.6. The molecule has 0 spiro atoms. The van der Waals surface area contributed by atoms with Gasteiger partial charge in [-0.1, -0.05) is 6.07 Å². The van der Waals surface area contributed by atoms with Crippen molar-refractivity contribution < 1.29 is 27.1 Å². The van der Waals surface area contributed by atoms with Crippen molar-refractivity contribution >= 4 is 17.4 Å². The van der Waals surface area contributed by atoms with Crippen molar-refractivity contribution in [3.05, 3.63) is 52.5 Å². The summed E-state index contributed by atoms with van der Waals surface area (Å²) in [5.74, 6) is 0.261. The van der Waals surface area contributed by atoms with E-state index in [1.165, 1.54) is 12.1 Å². The van der Waals surface area contributed by atoms with Crippen LogP contribution in [0.25, 0.3) is 0 Å². The lowest BCUT2D eigenvalue weighted by molar-refractivity contribution is -0.137. The van der Waals surface area contributed by atoms with Crippen LogP contribution in [0.15, 0.2) is 33.8 Å². The van der Waals surface area contributed by atoms with Crippen molar-refractivity contribution in [2.24, 2.45) is 5.10 Å². The van der Waals surface area contributed by atoms with Crippen LogP contribution in [0.1, 0.15) is 52.8 Å². The molecule has 1 heterocycles. The van der Waals surface area contributed by atoms with Crippen LogP contribution in [0.3, 0.4) is 0 Å². The first-order valence-corrected chi connectivity index (χ1v) is 8.60. The lowest BCUT2D eigenvalue weighted by Gasteiger charge is -2.14. The maximum atomic E-state index is 12.8. The minimum Gasteiger partial charge on any atom is -0.460 e. The molecule has 3 rings (SSSR count). The second-order valence-corrected chi connectivity index (χ2v) is 6.18. The number of anilines is 1. The molecule has 0 unspecified atom stereocenters. The maximum absolute atomic E-state index is 12.8. The lowest BCUT2D eigenvalue weighted by Crippen LogP contribution is -2.13. The van der Waals surface area contributed by atoms with Gasteiger partial charge in [0.15, 0.2) is 0 Å². The van der Waals surface area contributed by atoms with Gasteiger partial charge in [0.05, 0.1) is 23.6 Å². The maximum Gasteiger partial charge on any atom is 0.416 e. The SMILES string of the molecule is CCOC(=O)c1oc2c(c1C)/C(=N/Nc1cccc(C(F)(F)F)c1)CCC2. The van der Waals surface area contributed by atoms with E-state index < -0.39 is 17.7 Å². The average molecular weight is 380 g/mol. The Bertz CT molecular complexity index is 885. The number of carbonyl (C=O) groups is 1. The number of furan rings is 1. The fourth-order valence-corrected chi connectivity index (χ4v) is 3.07. The van der Waals surface area contributed by atoms with Gasteiger partial charge in [-0.15, -0.1) is 0 Å². The van der Waals surface area contributed by atoms with Crippen molar-refractivity contribution in [1.82, 2.24) is 0 Å². The van der Waals surface area contributed by atoms with E-state index in [2.05, 4.69) is 10.5 Å². The van der Waals surface area contributed by atoms with E-state index in [0.29, 0.717) is 29.9 Å². The molecule has 1 N–H and O–H groups in total. The summed E-state index contributed by atoms with van der Waals surface area (Å²) in [5.41, 5.74) is 4.17. The Kier molecular flexibility index (Phi) is 5.25. The van der Waals surface area contributed by atoms with Gasteiger partial charge in [-0.3, -0.25) is 5.43 Å². The lowest BCUT2D eigenvalue weighted by atomic mass is 9.93. The molecular formula is C19H19F3N2O3. The first-order chi connectivity index (χ1) is 12.8. The van der Waals surface area contributed by atoms with Gasteiger partial charge in [-0.25, -0.2) is 4.79 Å². The molecule has 1 aliphatic rings. The van der Waals surface area contributed by atoms with E-state index in [-0.39, 0.29) is 18.1 Å². The van der Waals surface area contributed by atoms with E-state index in [1.807, 2.05) is 0 Å². The number of nitrogens with one attached hydrogen (secondary N) is 1. The smallest absolute Gasteiger partial charge is 0.416 e. The molecule has 5 nitrogen and oxygen atoms in total. The van der Waals surface area contributed by atoms with Crippen LogP contribution in [0.5, 0.6) is 0 Å². The van der Waals surface area contributed by atoms with E-state index >= 15 is 0 Å². The number of carbonyl (C=O) groups excluding carboxylic acids is 1. The third kappa shape index (κ3) is 3.99. The summed E-state index contributed by atoms with van der Waals surface area (Å²) in [5, 5.41) is 4.28. The third-order valence-electron chi connectivity index (χ3n) is 4.30. The normalized spacial score (nSPS) is 15.5. The number of ether oxygens (including phenoxy) is 1. The molecule has 0 fully saturated rings. The first kappa shape index (κ1) is 19.0. The van der Waals surface area contributed by atoms with Gasteiger partial charge in [0, 0.05) is 17.5 Å². The highest BCUT2D eigenvalue weighted by molar-refractivity contribution is 6.06. The fraction of sp³-hybridized carbons (Fsp3) is 0.368. The first-order valence-electron chi connectivity index (χ1n) is 8.60. The Balaban J connectivity index is 1.89. The van der Waals surface area contributed by atoms with E-state index in [0.717, 1.165) is 24.1 Å². The predicted octanol–water partition coefficient (Wildman–Crippen LogP) is 4.94. The average Bonchev–Trinajstić information content (AvgIpc) is 2.97. The minimum absolute atomic E-state index is 0.149. The molecule has 0 bridgehead atoms. The summed E-state index contributed by atoms with van der Waals surface area (Å²) in [6.45, 7) is 3.70. The predicted molar refractivity (Wildman–Crippen MR) is 93.9 cm³/mol. The molecule has 0 radical (unpaired) electrons. The highest BCUT2D eigenvalue weighted by Gasteiger charge is 2.31. The van der Waals surface area contributed by atoms with Gasteiger partial charge < -0.3 is 9.15 Å². The zero-order valence-corrected chi connectivity index (χ0v) is 14.9. The van der Waals surface area contributed by atoms with E-state index in [9.17, 15) is 18.0 Å². The van der Waals surface area contributed by atoms with Crippen LogP contribution < -0.4 is 5.43 Å². The number of alkyl halides is 3. The van der Waals surface area contributed by atoms with Crippen molar-refractivity contribution in [3.63, 3.8) is 0 Å². The summed E-state index contributed by atoms with van der Waals surface area (Å²) in [4.78, 5) is 12.0. The zero-order valence-electron chi connectivity index (χ0n) is 14.9. The number of benzene rings is 1. The number of halogens is 3. The number of fused-ring (bicyclic) bond motifs is 1. The molecule has 0 aliphatic heterocycles. The van der Waals surface area contributed by atoms with Gasteiger partial charge in [0.1, 0.15) is 5.76 Å². The van der Waals surface area contributed by atoms with Crippen molar-refractivity contribution in [3.8, 4) is 0 Å². The Hall–Kier alpha value is -2.77. The van der Waals surface area contributed by atoms with Crippen LogP contribution in [-0.4, -0.2) is 18.3 Å². The largest absolute Gasteiger partial charge is 0.460 e. The van der Waals surface area contributed by atoms with Gasteiger partial charge in [0.2, 0.25) is 5.76 Å². The van der Waals surface area contributed by atoms with E-state index in [1.54, 1.807) is 13.8 Å². The number of hydrazone groups is 1. The number of hydrogen-bond acceptors (Lipinski definition) is 5. The fourth-order valence-electron chi connectivity index (χ4n) is 3.07. The Labute approximate surface area is 154 Å². The van der Waals surface area contributed by atoms with Crippen LogP contribution >= 0.6 is 0 Å². The summed E-state index contributed by atoms with van der Waals surface area (Å²) >= 11 is 0. The van der Waals surface area contributed by atoms with Gasteiger partial charge in [-0.05, 0) is 44.9 Å². The molecule has 8 heteroatoms. The molecule has 2 aromatic rings. The van der Waals surface area contributed by atoms with Crippen LogP contribution in [0.4, 0.5) is 18.9 Å². The Morgan fingerprint density at radius 3 is 2.81 bits per heavy atom. The summed E-state index contributed by atoms with van der Waals surface area (Å²) in [6, 6.07) is 4.83. The van der Waals surface area contributed by atoms with Gasteiger partial charge in [0.25, 0.3) is 0 Å². The molecular weight excluding hydrogens is 361 g/mol. The molecule has 1 aromatic heterocycles. The minimum atomic E-state index is -4.42. The Morgan fingerprint density at radius 1 is 1.33 bits per heavy atom. The van der Waals surface area contributed by atoms with Gasteiger partial charge >= 0.3 is 12.1 Å². The monoisotopic (exact) mass is 380 g/mol. The second kappa shape index (κ2) is 7.46. The molecule has 1 aliphatic carbocycles. The molecule has 0 saturated heterocycles. The number of nitrogens with zero attached hydrogens (tertiary/aromatic N) is 1. The van der Waals surface area contributed by atoms with Crippen molar-refractivity contribution in [2.75, 3.05) is 12.0 Å². The highest BCUT2D eigenvalue weighted by Crippen LogP contribution is 2.32. The molecule has 1 aromatic carbocycles. The number of aryl methyl sites for hydroxylation is 1. The Morgan fingerprint density at radius 2 is 2.11 bits per heavy atom. The van der Waals surface area contributed by atoms with Crippen molar-refractivity contribution in [2.45, 2.75) is 39.3 Å². The topological polar surface area (TPSA) is 63.8 Å². The summed E-state index contributed by atoms with van der Waals surface area (Å²) < 4.78 is 49.2. The molecule has 144 valence electrons. The highest BCUT2D eigenvalue weighted by atomic mass is 19.4. The van der Waals surface area contributed by atoms with Gasteiger partial charge in [-0.2, -0.15) is 18.3 Å². The molecule has 0 amide bonds. The molecule has 27 heavy (non-hydrogen) atoms. The number of esters is 1. The summed E-state index contributed by atoms with van der Waals surface area (Å²) in [7, 11) is 0. The van der Waals surface area contributed by atoms with Crippen LogP contribution in [0.2, 0.25) is 0 Å². The molecule has 0 saturated carbocycles. The quantitative estimate of drug-likeness (QED) is 0.603. The van der Waals surface area contributed by atoms with E-state index in [4.69, 9.17) is 9.15 Å². The number of rotatable bonds is 4. The van der Waals surface area contributed by atoms with Crippen molar-refractivity contribution in [1.29, 1.82) is 0 Å². The summed E-state index contributed by atoms with van der Waals surface area (Å²) in [6.07, 6.45) is -2.36. The molecule has 0 atom stereocenters. The second-order valence-electron chi connectivity index (χ2n) is 6.18. The number of hydrogen-bond donors (Lipinski definition) is 1. The van der Waals surface area contributed by atoms with Crippen LogP contribution in [0, 0.1) is 6.92 Å².